The first-order valence-electron chi connectivity index (χ1n) is 8.62. The van der Waals surface area contributed by atoms with Crippen molar-refractivity contribution < 1.29 is 4.79 Å². The van der Waals surface area contributed by atoms with E-state index in [0.717, 1.165) is 18.5 Å². The van der Waals surface area contributed by atoms with Gasteiger partial charge in [-0.1, -0.05) is 38.8 Å². The van der Waals surface area contributed by atoms with Crippen molar-refractivity contribution >= 4 is 11.6 Å². The van der Waals surface area contributed by atoms with E-state index in [1.54, 1.807) is 0 Å². The van der Waals surface area contributed by atoms with Crippen LogP contribution >= 0.6 is 0 Å². The van der Waals surface area contributed by atoms with Crippen molar-refractivity contribution in [2.24, 2.45) is 0 Å². The highest BCUT2D eigenvalue weighted by atomic mass is 16.2. The fourth-order valence-electron chi connectivity index (χ4n) is 2.47. The number of hydrogen-bond acceptors (Lipinski definition) is 3. The Balaban J connectivity index is 2.01. The average molecular weight is 327 g/mol. The lowest BCUT2D eigenvalue weighted by atomic mass is 10.1. The van der Waals surface area contributed by atoms with Gasteiger partial charge in [-0.2, -0.15) is 5.10 Å². The molecule has 1 amide bonds. The van der Waals surface area contributed by atoms with Crippen molar-refractivity contribution in [1.29, 1.82) is 0 Å². The van der Waals surface area contributed by atoms with Gasteiger partial charge in [0.15, 0.2) is 0 Å². The molecule has 0 unspecified atom stereocenters. The highest BCUT2D eigenvalue weighted by molar-refractivity contribution is 6.02. The van der Waals surface area contributed by atoms with Crippen LogP contribution in [0.1, 0.15) is 55.6 Å². The maximum Gasteiger partial charge on any atom is 0.276 e. The number of anilines is 1. The summed E-state index contributed by atoms with van der Waals surface area (Å²) in [5.41, 5.74) is 2.06. The summed E-state index contributed by atoms with van der Waals surface area (Å²) in [5, 5.41) is 6.94. The Morgan fingerprint density at radius 1 is 1.04 bits per heavy atom. The van der Waals surface area contributed by atoms with E-state index in [9.17, 15) is 9.59 Å². The summed E-state index contributed by atoms with van der Waals surface area (Å²) in [4.78, 5) is 23.9. The third-order valence-corrected chi connectivity index (χ3v) is 3.82. The Kier molecular flexibility index (Phi) is 6.73. The lowest BCUT2D eigenvalue weighted by molar-refractivity contribution is 0.102. The van der Waals surface area contributed by atoms with E-state index in [1.165, 1.54) is 41.6 Å². The zero-order chi connectivity index (χ0) is 17.4. The molecule has 128 valence electrons. The van der Waals surface area contributed by atoms with Crippen LogP contribution in [0.25, 0.3) is 0 Å². The second kappa shape index (κ2) is 9.01. The molecule has 2 rings (SSSR count). The Bertz CT molecular complexity index is 720. The van der Waals surface area contributed by atoms with Gasteiger partial charge in [0.1, 0.15) is 5.69 Å². The summed E-state index contributed by atoms with van der Waals surface area (Å²) in [7, 11) is 0. The molecule has 0 saturated heterocycles. The fraction of sp³-hybridized carbons (Fsp3) is 0.421. The van der Waals surface area contributed by atoms with Crippen LogP contribution in [0.15, 0.2) is 41.2 Å². The largest absolute Gasteiger partial charge is 0.321 e. The normalized spacial score (nSPS) is 10.6. The molecule has 24 heavy (non-hydrogen) atoms. The van der Waals surface area contributed by atoms with Crippen LogP contribution in [0, 0.1) is 0 Å². The number of benzene rings is 1. The number of hydrogen-bond donors (Lipinski definition) is 1. The van der Waals surface area contributed by atoms with Crippen LogP contribution in [0.4, 0.5) is 5.69 Å². The van der Waals surface area contributed by atoms with Gasteiger partial charge in [-0.15, -0.1) is 0 Å². The van der Waals surface area contributed by atoms with E-state index in [4.69, 9.17) is 0 Å². The molecule has 1 heterocycles. The van der Waals surface area contributed by atoms with E-state index >= 15 is 0 Å². The number of carbonyl (C=O) groups is 1. The predicted octanol–water partition coefficient (Wildman–Crippen LogP) is 3.64. The second-order valence-corrected chi connectivity index (χ2v) is 5.89. The number of amides is 1. The monoisotopic (exact) mass is 327 g/mol. The molecule has 0 aliphatic heterocycles. The zero-order valence-electron chi connectivity index (χ0n) is 14.4. The first-order valence-corrected chi connectivity index (χ1v) is 8.62. The van der Waals surface area contributed by atoms with Gasteiger partial charge in [-0.05, 0) is 43.0 Å². The molecule has 0 bridgehead atoms. The van der Waals surface area contributed by atoms with Gasteiger partial charge in [0.2, 0.25) is 0 Å². The van der Waals surface area contributed by atoms with Crippen LogP contribution in [0.5, 0.6) is 0 Å². The standard InChI is InChI=1S/C19H25N3O2/c1-3-5-6-7-15-8-10-16(11-9-15)20-19(24)17-12-13-18(23)22(21-17)14-4-2/h8-13H,3-7,14H2,1-2H3,(H,20,24). The molecular weight excluding hydrogens is 302 g/mol. The molecule has 2 aromatic rings. The summed E-state index contributed by atoms with van der Waals surface area (Å²) < 4.78 is 1.33. The van der Waals surface area contributed by atoms with Crippen LogP contribution < -0.4 is 10.9 Å². The molecule has 0 aliphatic rings. The Morgan fingerprint density at radius 2 is 1.79 bits per heavy atom. The minimum atomic E-state index is -0.307. The fourth-order valence-corrected chi connectivity index (χ4v) is 2.47. The number of rotatable bonds is 8. The van der Waals surface area contributed by atoms with Crippen LogP contribution in [0.2, 0.25) is 0 Å². The van der Waals surface area contributed by atoms with Gasteiger partial charge in [-0.3, -0.25) is 9.59 Å². The van der Waals surface area contributed by atoms with Crippen molar-refractivity contribution in [2.45, 2.75) is 52.5 Å². The number of carbonyl (C=O) groups excluding carboxylic acids is 1. The number of unbranched alkanes of at least 4 members (excludes halogenated alkanes) is 2. The minimum absolute atomic E-state index is 0.190. The van der Waals surface area contributed by atoms with Gasteiger partial charge >= 0.3 is 0 Å². The average Bonchev–Trinajstić information content (AvgIpc) is 2.59. The summed E-state index contributed by atoms with van der Waals surface area (Å²) in [6.07, 6.45) is 5.48. The number of aryl methyl sites for hydroxylation is 2. The van der Waals surface area contributed by atoms with Crippen molar-refractivity contribution in [1.82, 2.24) is 9.78 Å². The summed E-state index contributed by atoms with van der Waals surface area (Å²) in [6.45, 7) is 4.66. The van der Waals surface area contributed by atoms with Gasteiger partial charge in [0.25, 0.3) is 11.5 Å². The Labute approximate surface area is 142 Å². The first kappa shape index (κ1) is 17.9. The summed E-state index contributed by atoms with van der Waals surface area (Å²) in [5.74, 6) is -0.307. The number of nitrogens with zero attached hydrogens (tertiary/aromatic N) is 2. The van der Waals surface area contributed by atoms with Crippen LogP contribution in [-0.4, -0.2) is 15.7 Å². The van der Waals surface area contributed by atoms with Crippen LogP contribution in [-0.2, 0) is 13.0 Å². The van der Waals surface area contributed by atoms with E-state index < -0.39 is 0 Å². The highest BCUT2D eigenvalue weighted by Crippen LogP contribution is 2.13. The Morgan fingerprint density at radius 3 is 2.46 bits per heavy atom. The molecule has 5 heteroatoms. The molecule has 1 N–H and O–H groups in total. The molecule has 0 atom stereocenters. The SMILES string of the molecule is CCCCCc1ccc(NC(=O)c2ccc(=O)n(CCC)n2)cc1. The molecular formula is C19H25N3O2. The molecule has 0 radical (unpaired) electrons. The molecule has 1 aromatic heterocycles. The van der Waals surface area contributed by atoms with E-state index in [2.05, 4.69) is 17.3 Å². The van der Waals surface area contributed by atoms with Gasteiger partial charge in [0.05, 0.1) is 0 Å². The third kappa shape index (κ3) is 5.05. The Hall–Kier alpha value is -2.43. The minimum Gasteiger partial charge on any atom is -0.321 e. The van der Waals surface area contributed by atoms with Gasteiger partial charge in [-0.25, -0.2) is 4.68 Å². The smallest absolute Gasteiger partial charge is 0.276 e. The number of aromatic nitrogens is 2. The zero-order valence-corrected chi connectivity index (χ0v) is 14.4. The summed E-state index contributed by atoms with van der Waals surface area (Å²) >= 11 is 0. The molecule has 0 spiro atoms. The van der Waals surface area contributed by atoms with Gasteiger partial charge in [0, 0.05) is 18.3 Å². The molecule has 0 aliphatic carbocycles. The third-order valence-electron chi connectivity index (χ3n) is 3.82. The van der Waals surface area contributed by atoms with E-state index in [0.29, 0.717) is 6.54 Å². The molecule has 1 aromatic carbocycles. The molecule has 5 nitrogen and oxygen atoms in total. The molecule has 0 saturated carbocycles. The predicted molar refractivity (Wildman–Crippen MR) is 96.4 cm³/mol. The van der Waals surface area contributed by atoms with E-state index in [-0.39, 0.29) is 17.2 Å². The first-order chi connectivity index (χ1) is 11.6. The van der Waals surface area contributed by atoms with Crippen LogP contribution in [0.3, 0.4) is 0 Å². The molecule has 0 fully saturated rings. The van der Waals surface area contributed by atoms with E-state index in [1.807, 2.05) is 31.2 Å². The maximum absolute atomic E-state index is 12.3. The van der Waals surface area contributed by atoms with Crippen molar-refractivity contribution in [3.8, 4) is 0 Å². The lowest BCUT2D eigenvalue weighted by Gasteiger charge is -2.08. The van der Waals surface area contributed by atoms with Crippen molar-refractivity contribution in [2.75, 3.05) is 5.32 Å². The maximum atomic E-state index is 12.3. The number of nitrogens with one attached hydrogen (secondary N) is 1. The summed E-state index contributed by atoms with van der Waals surface area (Å²) in [6, 6.07) is 10.7. The van der Waals surface area contributed by atoms with Crippen molar-refractivity contribution in [3.63, 3.8) is 0 Å². The quantitative estimate of drug-likeness (QED) is 0.753. The van der Waals surface area contributed by atoms with Gasteiger partial charge < -0.3 is 5.32 Å². The van der Waals surface area contributed by atoms with Crippen molar-refractivity contribution in [3.05, 3.63) is 58.0 Å². The highest BCUT2D eigenvalue weighted by Gasteiger charge is 2.10. The second-order valence-electron chi connectivity index (χ2n) is 5.89. The topological polar surface area (TPSA) is 64.0 Å². The lowest BCUT2D eigenvalue weighted by Crippen LogP contribution is -2.26.